The highest BCUT2D eigenvalue weighted by atomic mass is 28.3. The van der Waals surface area contributed by atoms with Crippen molar-refractivity contribution in [2.24, 2.45) is 0 Å². The fraction of sp³-hybridized carbons (Fsp3) is 1.00. The predicted octanol–water partition coefficient (Wildman–Crippen LogP) is -1.05. The van der Waals surface area contributed by atoms with Crippen molar-refractivity contribution in [1.82, 2.24) is 0 Å². The van der Waals surface area contributed by atoms with Gasteiger partial charge < -0.3 is 0 Å². The van der Waals surface area contributed by atoms with E-state index >= 15 is 0 Å². The Morgan fingerprint density at radius 2 is 1.20 bits per heavy atom. The lowest BCUT2D eigenvalue weighted by Crippen LogP contribution is -2.26. The molecular formula is C2H10B2Si. The molecule has 0 radical (unpaired) electrons. The first kappa shape index (κ1) is 5.35. The maximum absolute atomic E-state index is 2.33. The van der Waals surface area contributed by atoms with Gasteiger partial charge in [0.05, 0.1) is 14.9 Å². The van der Waals surface area contributed by atoms with Crippen molar-refractivity contribution in [2.75, 3.05) is 0 Å². The predicted molar refractivity (Wildman–Crippen MR) is 34.6 cm³/mol. The first-order valence-corrected chi connectivity index (χ1v) is 6.00. The summed E-state index contributed by atoms with van der Waals surface area (Å²) in [6.07, 6.45) is 0. The van der Waals surface area contributed by atoms with Gasteiger partial charge in [0.2, 0.25) is 0 Å². The first-order chi connectivity index (χ1) is 2.00. The molecule has 0 aromatic rings. The van der Waals surface area contributed by atoms with Crippen LogP contribution in [0.25, 0.3) is 0 Å². The van der Waals surface area contributed by atoms with E-state index in [0.717, 1.165) is 0 Å². The summed E-state index contributed by atoms with van der Waals surface area (Å²) in [5.41, 5.74) is 0. The second-order valence-electron chi connectivity index (χ2n) is 3.00. The molecule has 0 nitrogen and oxygen atoms in total. The lowest BCUT2D eigenvalue weighted by molar-refractivity contribution is 2.06. The Morgan fingerprint density at radius 3 is 1.20 bits per heavy atom. The van der Waals surface area contributed by atoms with Crippen molar-refractivity contribution in [3.63, 3.8) is 0 Å². The van der Waals surface area contributed by atoms with Gasteiger partial charge in [0.1, 0.15) is 0 Å². The van der Waals surface area contributed by atoms with Crippen molar-refractivity contribution < 1.29 is 0 Å². The van der Waals surface area contributed by atoms with Crippen LogP contribution in [0.2, 0.25) is 13.1 Å². The summed E-state index contributed by atoms with van der Waals surface area (Å²) < 4.78 is 0. The molecule has 0 bridgehead atoms. The van der Waals surface area contributed by atoms with Crippen molar-refractivity contribution >= 4 is 22.7 Å². The number of hydrogen-bond acceptors (Lipinski definition) is 0. The standard InChI is InChI=1S/C2H10B2Si/c1-5(2,3)4/h3-4H2,1-2H3. The molecule has 0 aliphatic carbocycles. The van der Waals surface area contributed by atoms with E-state index in [0.29, 0.717) is 0 Å². The van der Waals surface area contributed by atoms with E-state index in [4.69, 9.17) is 0 Å². The molecule has 3 heteroatoms. The van der Waals surface area contributed by atoms with Gasteiger partial charge in [-0.1, -0.05) is 13.1 Å². The summed E-state index contributed by atoms with van der Waals surface area (Å²) in [7, 11) is 4.04. The molecule has 0 amide bonds. The summed E-state index contributed by atoms with van der Waals surface area (Å²) in [6, 6.07) is 0. The summed E-state index contributed by atoms with van der Waals surface area (Å²) >= 11 is 0. The Kier molecular flexibility index (Phi) is 1.29. The first-order valence-electron chi connectivity index (χ1n) is 2.00. The van der Waals surface area contributed by atoms with Crippen LogP contribution >= 0.6 is 0 Å². The van der Waals surface area contributed by atoms with Crippen LogP contribution in [0, 0.1) is 0 Å². The average molecular weight is 83.8 g/mol. The Morgan fingerprint density at radius 1 is 1.20 bits per heavy atom. The molecule has 5 heavy (non-hydrogen) atoms. The molecule has 0 atom stereocenters. The Hall–Kier alpha value is 0.347. The highest BCUT2D eigenvalue weighted by molar-refractivity contribution is 7.40. The smallest absolute Gasteiger partial charge is 0.0812 e. The topological polar surface area (TPSA) is 0 Å². The molecule has 0 aliphatic rings. The van der Waals surface area contributed by atoms with E-state index in [-0.39, 0.29) is 0 Å². The van der Waals surface area contributed by atoms with Gasteiger partial charge in [0.15, 0.2) is 0 Å². The second-order valence-corrected chi connectivity index (χ2v) is 9.00. The van der Waals surface area contributed by atoms with Crippen LogP contribution in [0.4, 0.5) is 0 Å². The van der Waals surface area contributed by atoms with Crippen LogP contribution in [0.1, 0.15) is 0 Å². The largest absolute Gasteiger partial charge is 0.0884 e. The average Bonchev–Trinajstić information content (AvgIpc) is 0.722. The lowest BCUT2D eigenvalue weighted by atomic mass is 10.7. The van der Waals surface area contributed by atoms with Gasteiger partial charge in [-0.2, -0.15) is 0 Å². The monoisotopic (exact) mass is 84.1 g/mol. The minimum atomic E-state index is -0.611. The molecule has 0 unspecified atom stereocenters. The molecule has 0 spiro atoms. The van der Waals surface area contributed by atoms with Crippen LogP contribution in [0.5, 0.6) is 0 Å². The van der Waals surface area contributed by atoms with Crippen molar-refractivity contribution in [3.8, 4) is 0 Å². The Bertz CT molecular complexity index is 23.1. The third-order valence-electron chi connectivity index (χ3n) is 0. The van der Waals surface area contributed by atoms with Crippen LogP contribution < -0.4 is 0 Å². The van der Waals surface area contributed by atoms with E-state index in [1.165, 1.54) is 0 Å². The highest BCUT2D eigenvalue weighted by Crippen LogP contribution is 1.80. The molecule has 0 N–H and O–H groups in total. The van der Waals surface area contributed by atoms with Crippen LogP contribution in [-0.4, -0.2) is 22.7 Å². The molecule has 0 rings (SSSR count). The summed E-state index contributed by atoms with van der Waals surface area (Å²) in [5, 5.41) is 0. The Labute approximate surface area is 36.7 Å². The van der Waals surface area contributed by atoms with Gasteiger partial charge >= 0.3 is 0 Å². The van der Waals surface area contributed by atoms with Crippen LogP contribution in [-0.2, 0) is 0 Å². The minimum absolute atomic E-state index is 0.611. The van der Waals surface area contributed by atoms with Crippen molar-refractivity contribution in [2.45, 2.75) is 13.1 Å². The molecule has 0 aliphatic heterocycles. The summed E-state index contributed by atoms with van der Waals surface area (Å²) in [4.78, 5) is 0. The van der Waals surface area contributed by atoms with Gasteiger partial charge in [-0.15, -0.1) is 0 Å². The summed E-state index contributed by atoms with van der Waals surface area (Å²) in [5.74, 6) is 0. The third-order valence-corrected chi connectivity index (χ3v) is 0. The van der Waals surface area contributed by atoms with E-state index in [9.17, 15) is 0 Å². The van der Waals surface area contributed by atoms with E-state index in [1.807, 2.05) is 0 Å². The molecule has 0 saturated carbocycles. The molecule has 0 aromatic heterocycles. The van der Waals surface area contributed by atoms with Crippen LogP contribution in [0.15, 0.2) is 0 Å². The lowest BCUT2D eigenvalue weighted by Gasteiger charge is -2.01. The quantitative estimate of drug-likeness (QED) is 0.328. The fourth-order valence-electron chi connectivity index (χ4n) is 0. The van der Waals surface area contributed by atoms with Gasteiger partial charge in [0, 0.05) is 0 Å². The summed E-state index contributed by atoms with van der Waals surface area (Å²) in [6.45, 7) is 4.65. The zero-order valence-electron chi connectivity index (χ0n) is 4.50. The highest BCUT2D eigenvalue weighted by Gasteiger charge is 1.99. The maximum atomic E-state index is 2.33. The van der Waals surface area contributed by atoms with E-state index in [2.05, 4.69) is 28.0 Å². The molecule has 0 saturated heterocycles. The van der Waals surface area contributed by atoms with Gasteiger partial charge in [-0.25, -0.2) is 0 Å². The van der Waals surface area contributed by atoms with Crippen LogP contribution in [0.3, 0.4) is 0 Å². The Balaban J connectivity index is 3.02. The van der Waals surface area contributed by atoms with Crippen molar-refractivity contribution in [3.05, 3.63) is 0 Å². The molecular weight excluding hydrogens is 73.7 g/mol. The maximum Gasteiger partial charge on any atom is 0.0884 e. The SMILES string of the molecule is B[Si](B)(C)C. The third kappa shape index (κ3) is 199. The minimum Gasteiger partial charge on any atom is -0.0812 e. The fourth-order valence-corrected chi connectivity index (χ4v) is 0. The van der Waals surface area contributed by atoms with E-state index < -0.39 is 7.81 Å². The zero-order chi connectivity index (χ0) is 4.50. The number of hydrogen-bond donors (Lipinski definition) is 0. The molecule has 0 aromatic carbocycles. The van der Waals surface area contributed by atoms with Gasteiger partial charge in [-0.3, -0.25) is 0 Å². The van der Waals surface area contributed by atoms with Gasteiger partial charge in [0.25, 0.3) is 0 Å². The zero-order valence-corrected chi connectivity index (χ0v) is 5.50. The molecule has 0 heterocycles. The normalized spacial score (nSPS) is 11.6. The second kappa shape index (κ2) is 1.21. The molecule has 0 fully saturated rings. The van der Waals surface area contributed by atoms with E-state index in [1.54, 1.807) is 0 Å². The van der Waals surface area contributed by atoms with Gasteiger partial charge in [-0.05, 0) is 7.81 Å². The van der Waals surface area contributed by atoms with Crippen molar-refractivity contribution in [1.29, 1.82) is 0 Å². The molecule has 28 valence electrons. The number of rotatable bonds is 0.